The van der Waals surface area contributed by atoms with E-state index in [1.807, 2.05) is 23.6 Å². The molecule has 144 valence electrons. The molecule has 2 aromatic rings. The zero-order valence-electron chi connectivity index (χ0n) is 14.6. The summed E-state index contributed by atoms with van der Waals surface area (Å²) in [7, 11) is -0.917. The maximum absolute atomic E-state index is 12.2. The zero-order chi connectivity index (χ0) is 20.0. The van der Waals surface area contributed by atoms with Crippen molar-refractivity contribution in [3.63, 3.8) is 0 Å². The third-order valence-electron chi connectivity index (χ3n) is 3.29. The number of hydrazine groups is 2. The minimum atomic E-state index is -3.94. The molecule has 0 aliphatic heterocycles. The second kappa shape index (κ2) is 9.33. The van der Waals surface area contributed by atoms with E-state index in [4.69, 9.17) is 24.4 Å². The molecular formula is C16H18N4O3S4. The maximum Gasteiger partial charge on any atom is 0.255 e. The maximum atomic E-state index is 12.2. The smallest absolute Gasteiger partial charge is 0.255 e. The third-order valence-corrected chi connectivity index (χ3v) is 6.18. The lowest BCUT2D eigenvalue weighted by atomic mass is 10.2. The predicted molar refractivity (Wildman–Crippen MR) is 115 cm³/mol. The molecule has 1 aromatic carbocycles. The average Bonchev–Trinajstić information content (AvgIpc) is 3.14. The second-order valence-electron chi connectivity index (χ2n) is 5.49. The summed E-state index contributed by atoms with van der Waals surface area (Å²) >= 11 is 11.9. The average molecular weight is 443 g/mol. The van der Waals surface area contributed by atoms with Gasteiger partial charge in [-0.3, -0.25) is 20.2 Å². The first-order valence-corrected chi connectivity index (χ1v) is 11.0. The Balaban J connectivity index is 1.91. The van der Waals surface area contributed by atoms with E-state index in [2.05, 4.69) is 10.3 Å². The highest BCUT2D eigenvalue weighted by Crippen LogP contribution is 2.09. The Labute approximate surface area is 173 Å². The summed E-state index contributed by atoms with van der Waals surface area (Å²) in [5.41, 5.74) is 3.90. The fourth-order valence-corrected chi connectivity index (χ4v) is 4.19. The normalized spacial score (nSPS) is 10.9. The lowest BCUT2D eigenvalue weighted by Gasteiger charge is -2.22. The molecule has 0 aliphatic carbocycles. The molecule has 0 saturated carbocycles. The topological polar surface area (TPSA) is 81.8 Å². The second-order valence-corrected chi connectivity index (χ2v) is 8.75. The van der Waals surface area contributed by atoms with E-state index in [1.54, 1.807) is 30.6 Å². The van der Waals surface area contributed by atoms with Gasteiger partial charge in [-0.15, -0.1) is 4.83 Å². The van der Waals surface area contributed by atoms with E-state index in [0.717, 1.165) is 11.1 Å². The summed E-state index contributed by atoms with van der Waals surface area (Å²) in [5.74, 6) is -1.50. The van der Waals surface area contributed by atoms with Crippen LogP contribution in [-0.2, 0) is 14.8 Å². The Morgan fingerprint density at radius 2 is 1.67 bits per heavy atom. The molecule has 0 unspecified atom stereocenters. The van der Waals surface area contributed by atoms with E-state index in [9.17, 15) is 13.2 Å². The lowest BCUT2D eigenvalue weighted by Crippen LogP contribution is -2.49. The Kier molecular flexibility index (Phi) is 7.39. The number of nitrogens with zero attached hydrogens (tertiary/aromatic N) is 2. The van der Waals surface area contributed by atoms with Crippen LogP contribution in [0.25, 0.3) is 0 Å². The fourth-order valence-electron chi connectivity index (χ4n) is 2.08. The van der Waals surface area contributed by atoms with Crippen molar-refractivity contribution in [3.05, 3.63) is 58.3 Å². The van der Waals surface area contributed by atoms with Gasteiger partial charge < -0.3 is 0 Å². The number of carbonyl (C=O) groups excluding carboxylic acids is 1. The Bertz CT molecular complexity index is 914. The van der Waals surface area contributed by atoms with Crippen LogP contribution in [0.3, 0.4) is 0 Å². The number of hydrogen-bond acceptors (Lipinski definition) is 6. The van der Waals surface area contributed by atoms with E-state index in [0.29, 0.717) is 9.98 Å². The number of carbonyl (C=O) groups is 1. The van der Waals surface area contributed by atoms with Crippen molar-refractivity contribution < 1.29 is 13.2 Å². The first kappa shape index (κ1) is 21.4. The summed E-state index contributed by atoms with van der Waals surface area (Å²) < 4.78 is 24.4. The van der Waals surface area contributed by atoms with Crippen LogP contribution in [0, 0.1) is 0 Å². The van der Waals surface area contributed by atoms with Crippen LogP contribution < -0.4 is 10.3 Å². The molecule has 0 fully saturated rings. The van der Waals surface area contributed by atoms with Crippen LogP contribution in [-0.4, -0.2) is 54.2 Å². The monoisotopic (exact) mass is 442 g/mol. The Morgan fingerprint density at radius 1 is 1.04 bits per heavy atom. The molecular weight excluding hydrogens is 424 g/mol. The molecule has 1 aromatic heterocycles. The summed E-state index contributed by atoms with van der Waals surface area (Å²) in [6.45, 7) is 0. The van der Waals surface area contributed by atoms with Crippen molar-refractivity contribution in [1.82, 2.24) is 20.3 Å². The Morgan fingerprint density at radius 3 is 2.26 bits per heavy atom. The number of nitrogens with one attached hydrogen (secondary N) is 2. The predicted octanol–water partition coefficient (Wildman–Crippen LogP) is 1.53. The van der Waals surface area contributed by atoms with Crippen molar-refractivity contribution in [2.45, 2.75) is 0 Å². The van der Waals surface area contributed by atoms with Gasteiger partial charge >= 0.3 is 0 Å². The molecule has 2 N–H and O–H groups in total. The summed E-state index contributed by atoms with van der Waals surface area (Å²) in [6.07, 6.45) is 0. The van der Waals surface area contributed by atoms with Crippen molar-refractivity contribution in [1.29, 1.82) is 0 Å². The zero-order valence-corrected chi connectivity index (χ0v) is 17.8. The standard InChI is InChI=1S/C16H18N4O3S4/c1-19(15(24)12-6-4-3-5-7-12)17-14(21)11-27(22,23)18-20(2)16(25)13-8-9-26-10-13/h3-10,18H,11H2,1-2H3,(H,17,21). The van der Waals surface area contributed by atoms with E-state index >= 15 is 0 Å². The molecule has 0 aliphatic rings. The molecule has 0 radical (unpaired) electrons. The van der Waals surface area contributed by atoms with Crippen LogP contribution >= 0.6 is 35.8 Å². The molecule has 1 amide bonds. The van der Waals surface area contributed by atoms with Crippen LogP contribution in [0.15, 0.2) is 47.2 Å². The van der Waals surface area contributed by atoms with Gasteiger partial charge in [0.05, 0.1) is 0 Å². The first-order valence-electron chi connectivity index (χ1n) is 7.62. The largest absolute Gasteiger partial charge is 0.287 e. The molecule has 0 atom stereocenters. The Hall–Kier alpha value is -1.92. The quantitative estimate of drug-likeness (QED) is 0.519. The molecule has 27 heavy (non-hydrogen) atoms. The van der Waals surface area contributed by atoms with Crippen molar-refractivity contribution in [3.8, 4) is 0 Å². The van der Waals surface area contributed by atoms with Gasteiger partial charge in [0.15, 0.2) is 0 Å². The number of thiocarbonyl (C=S) groups is 2. The summed E-state index contributed by atoms with van der Waals surface area (Å²) in [4.78, 5) is 15.0. The number of benzene rings is 1. The number of thiophene rings is 1. The third kappa shape index (κ3) is 6.33. The van der Waals surface area contributed by atoms with Gasteiger partial charge in [0.1, 0.15) is 15.7 Å². The number of rotatable bonds is 6. The molecule has 0 spiro atoms. The minimum absolute atomic E-state index is 0.308. The molecule has 7 nitrogen and oxygen atoms in total. The van der Waals surface area contributed by atoms with Gasteiger partial charge in [-0.2, -0.15) is 11.3 Å². The summed E-state index contributed by atoms with van der Waals surface area (Å²) in [6, 6.07) is 10.9. The highest BCUT2D eigenvalue weighted by atomic mass is 32.2. The van der Waals surface area contributed by atoms with Gasteiger partial charge in [-0.1, -0.05) is 54.8 Å². The van der Waals surface area contributed by atoms with Crippen LogP contribution in [0.2, 0.25) is 0 Å². The van der Waals surface area contributed by atoms with Gasteiger partial charge in [-0.25, -0.2) is 8.42 Å². The van der Waals surface area contributed by atoms with E-state index in [-0.39, 0.29) is 0 Å². The summed E-state index contributed by atoms with van der Waals surface area (Å²) in [5, 5.41) is 6.14. The highest BCUT2D eigenvalue weighted by Gasteiger charge is 2.21. The number of sulfonamides is 1. The molecule has 0 bridgehead atoms. The van der Waals surface area contributed by atoms with E-state index in [1.165, 1.54) is 28.4 Å². The van der Waals surface area contributed by atoms with Crippen LogP contribution in [0.4, 0.5) is 0 Å². The van der Waals surface area contributed by atoms with Crippen molar-refractivity contribution >= 4 is 61.7 Å². The van der Waals surface area contributed by atoms with E-state index < -0.39 is 21.7 Å². The molecule has 11 heteroatoms. The lowest BCUT2D eigenvalue weighted by molar-refractivity contribution is -0.121. The number of hydrogen-bond donors (Lipinski definition) is 2. The highest BCUT2D eigenvalue weighted by molar-refractivity contribution is 7.90. The van der Waals surface area contributed by atoms with Crippen molar-refractivity contribution in [2.75, 3.05) is 19.8 Å². The SMILES string of the molecule is CN(NC(=O)CS(=O)(=O)NN(C)C(=S)c1ccsc1)C(=S)c1ccccc1. The first-order chi connectivity index (χ1) is 12.7. The number of amides is 1. The van der Waals surface area contributed by atoms with Gasteiger partial charge in [0.25, 0.3) is 5.91 Å². The molecule has 2 rings (SSSR count). The van der Waals surface area contributed by atoms with Gasteiger partial charge in [-0.05, 0) is 11.4 Å². The van der Waals surface area contributed by atoms with Crippen molar-refractivity contribution in [2.24, 2.45) is 0 Å². The van der Waals surface area contributed by atoms with Crippen LogP contribution in [0.5, 0.6) is 0 Å². The fraction of sp³-hybridized carbons (Fsp3) is 0.188. The van der Waals surface area contributed by atoms with Gasteiger partial charge in [0, 0.05) is 30.6 Å². The van der Waals surface area contributed by atoms with Crippen LogP contribution in [0.1, 0.15) is 11.1 Å². The van der Waals surface area contributed by atoms with Gasteiger partial charge in [0.2, 0.25) is 10.0 Å². The minimum Gasteiger partial charge on any atom is -0.287 e. The molecule has 0 saturated heterocycles. The molecule has 1 heterocycles.